The molecule has 0 N–H and O–H groups in total. The van der Waals surface area contributed by atoms with E-state index >= 15 is 0 Å². The number of amides is 1. The van der Waals surface area contributed by atoms with Gasteiger partial charge in [0.15, 0.2) is 4.60 Å². The van der Waals surface area contributed by atoms with Crippen LogP contribution in [0.4, 0.5) is 4.79 Å². The Labute approximate surface area is 152 Å². The van der Waals surface area contributed by atoms with Gasteiger partial charge in [0.1, 0.15) is 5.60 Å². The summed E-state index contributed by atoms with van der Waals surface area (Å²) in [6.07, 6.45) is 6.62. The lowest BCUT2D eigenvalue weighted by atomic mass is 10.0. The van der Waals surface area contributed by atoms with E-state index in [9.17, 15) is 4.79 Å². The van der Waals surface area contributed by atoms with Crippen LogP contribution in [0.2, 0.25) is 0 Å². The number of carbonyl (C=O) groups excluding carboxylic acids is 1. The fraction of sp³-hybridized carbons (Fsp3) is 0.824. The summed E-state index contributed by atoms with van der Waals surface area (Å²) in [7, 11) is 0. The molecule has 0 unspecified atom stereocenters. The zero-order chi connectivity index (χ0) is 17.3. The Morgan fingerprint density at radius 2 is 1.79 bits per heavy atom. The van der Waals surface area contributed by atoms with Crippen molar-refractivity contribution in [2.75, 3.05) is 13.1 Å². The molecule has 1 aliphatic carbocycles. The highest BCUT2D eigenvalue weighted by Gasteiger charge is 2.32. The quantitative estimate of drug-likeness (QED) is 0.745. The Hall–Kier alpha value is -1.11. The van der Waals surface area contributed by atoms with Gasteiger partial charge in [-0.2, -0.15) is 0 Å². The Kier molecular flexibility index (Phi) is 5.18. The maximum atomic E-state index is 12.2. The van der Waals surface area contributed by atoms with E-state index in [2.05, 4.69) is 30.9 Å². The van der Waals surface area contributed by atoms with E-state index in [1.54, 1.807) is 0 Å². The number of nitrogens with zero attached hydrogens (tertiary/aromatic N) is 4. The van der Waals surface area contributed by atoms with Gasteiger partial charge in [-0.1, -0.05) is 18.1 Å². The maximum Gasteiger partial charge on any atom is 0.410 e. The topological polar surface area (TPSA) is 60.2 Å². The standard InChI is InChI=1S/C17H27BrN4O2/c1-17(2,3)24-16(23)21-10-8-13(9-11-21)22-14(15(18)19-20-22)12-6-4-5-7-12/h12-13H,4-11H2,1-3H3. The van der Waals surface area contributed by atoms with Crippen LogP contribution in [0.5, 0.6) is 0 Å². The fourth-order valence-electron chi connectivity index (χ4n) is 3.73. The lowest BCUT2D eigenvalue weighted by Crippen LogP contribution is -2.42. The minimum atomic E-state index is -0.444. The Bertz CT molecular complexity index is 582. The predicted molar refractivity (Wildman–Crippen MR) is 95.0 cm³/mol. The second-order valence-corrected chi connectivity index (χ2v) is 8.64. The molecule has 1 saturated heterocycles. The van der Waals surface area contributed by atoms with Crippen LogP contribution in [0.1, 0.15) is 76.9 Å². The minimum absolute atomic E-state index is 0.211. The molecule has 2 fully saturated rings. The molecule has 3 rings (SSSR count). The molecule has 1 aromatic heterocycles. The first-order valence-corrected chi connectivity index (χ1v) is 9.73. The average molecular weight is 399 g/mol. The van der Waals surface area contributed by atoms with E-state index < -0.39 is 5.60 Å². The minimum Gasteiger partial charge on any atom is -0.444 e. The van der Waals surface area contributed by atoms with Gasteiger partial charge in [0, 0.05) is 19.0 Å². The van der Waals surface area contributed by atoms with Gasteiger partial charge in [-0.3, -0.25) is 0 Å². The molecule has 0 atom stereocenters. The number of ether oxygens (including phenoxy) is 1. The lowest BCUT2D eigenvalue weighted by Gasteiger charge is -2.34. The van der Waals surface area contributed by atoms with E-state index in [0.717, 1.165) is 17.4 Å². The van der Waals surface area contributed by atoms with Crippen molar-refractivity contribution in [2.45, 2.75) is 76.9 Å². The molecule has 1 amide bonds. The van der Waals surface area contributed by atoms with Crippen molar-refractivity contribution in [3.8, 4) is 0 Å². The largest absolute Gasteiger partial charge is 0.444 e. The second kappa shape index (κ2) is 7.02. The molecule has 7 heteroatoms. The summed E-state index contributed by atoms with van der Waals surface area (Å²) >= 11 is 3.58. The van der Waals surface area contributed by atoms with E-state index in [-0.39, 0.29) is 6.09 Å². The highest BCUT2D eigenvalue weighted by Crippen LogP contribution is 2.39. The van der Waals surface area contributed by atoms with Crippen LogP contribution in [0.25, 0.3) is 0 Å². The zero-order valence-corrected chi connectivity index (χ0v) is 16.4. The summed E-state index contributed by atoms with van der Waals surface area (Å²) in [5, 5.41) is 8.66. The monoisotopic (exact) mass is 398 g/mol. The number of hydrogen-bond acceptors (Lipinski definition) is 4. The van der Waals surface area contributed by atoms with Crippen molar-refractivity contribution in [2.24, 2.45) is 0 Å². The van der Waals surface area contributed by atoms with Gasteiger partial charge < -0.3 is 9.64 Å². The third-order valence-corrected chi connectivity index (χ3v) is 5.46. The van der Waals surface area contributed by atoms with Crippen molar-refractivity contribution in [1.29, 1.82) is 0 Å². The average Bonchev–Trinajstić information content (AvgIpc) is 3.14. The number of carbonyl (C=O) groups is 1. The highest BCUT2D eigenvalue weighted by atomic mass is 79.9. The second-order valence-electron chi connectivity index (χ2n) is 7.89. The fourth-order valence-corrected chi connectivity index (χ4v) is 4.30. The van der Waals surface area contributed by atoms with Crippen molar-refractivity contribution in [3.63, 3.8) is 0 Å². The summed E-state index contributed by atoms with van der Waals surface area (Å²) in [6, 6.07) is 0.318. The molecule has 24 heavy (non-hydrogen) atoms. The molecule has 0 spiro atoms. The smallest absolute Gasteiger partial charge is 0.410 e. The van der Waals surface area contributed by atoms with Crippen molar-refractivity contribution in [1.82, 2.24) is 19.9 Å². The van der Waals surface area contributed by atoms with Gasteiger partial charge in [-0.15, -0.1) is 5.10 Å². The van der Waals surface area contributed by atoms with Crippen LogP contribution in [-0.2, 0) is 4.74 Å². The molecule has 0 aromatic carbocycles. The third-order valence-electron chi connectivity index (χ3n) is 4.89. The molecule has 2 aliphatic rings. The Morgan fingerprint density at radius 1 is 1.17 bits per heavy atom. The molecule has 1 aliphatic heterocycles. The van der Waals surface area contributed by atoms with Crippen molar-refractivity contribution < 1.29 is 9.53 Å². The molecule has 6 nitrogen and oxygen atoms in total. The highest BCUT2D eigenvalue weighted by molar-refractivity contribution is 9.10. The predicted octanol–water partition coefficient (Wildman–Crippen LogP) is 4.27. The van der Waals surface area contributed by atoms with E-state index in [4.69, 9.17) is 4.74 Å². The van der Waals surface area contributed by atoms with Crippen molar-refractivity contribution >= 4 is 22.0 Å². The first-order valence-electron chi connectivity index (χ1n) is 8.93. The number of rotatable bonds is 2. The van der Waals surface area contributed by atoms with Gasteiger partial charge in [0.2, 0.25) is 0 Å². The molecular weight excluding hydrogens is 372 g/mol. The van der Waals surface area contributed by atoms with Gasteiger partial charge in [-0.05, 0) is 62.4 Å². The van der Waals surface area contributed by atoms with Gasteiger partial charge in [0.25, 0.3) is 0 Å². The maximum absolute atomic E-state index is 12.2. The SMILES string of the molecule is CC(C)(C)OC(=O)N1CCC(n2nnc(Br)c2C2CCCC2)CC1. The lowest BCUT2D eigenvalue weighted by molar-refractivity contribution is 0.0183. The van der Waals surface area contributed by atoms with Gasteiger partial charge >= 0.3 is 6.09 Å². The van der Waals surface area contributed by atoms with Gasteiger partial charge in [-0.25, -0.2) is 9.48 Å². The van der Waals surface area contributed by atoms with Crippen LogP contribution in [0.15, 0.2) is 4.60 Å². The number of hydrogen-bond donors (Lipinski definition) is 0. The molecule has 1 saturated carbocycles. The van der Waals surface area contributed by atoms with E-state index in [1.807, 2.05) is 25.7 Å². The number of likely N-dealkylation sites (tertiary alicyclic amines) is 1. The van der Waals surface area contributed by atoms with Crippen LogP contribution >= 0.6 is 15.9 Å². The zero-order valence-electron chi connectivity index (χ0n) is 14.8. The molecule has 1 aromatic rings. The van der Waals surface area contributed by atoms with E-state index in [1.165, 1.54) is 31.4 Å². The Balaban J connectivity index is 1.64. The summed E-state index contributed by atoms with van der Waals surface area (Å²) in [6.45, 7) is 7.12. The first-order chi connectivity index (χ1) is 11.3. The summed E-state index contributed by atoms with van der Waals surface area (Å²) in [5.41, 5.74) is 0.809. The van der Waals surface area contributed by atoms with Crippen molar-refractivity contribution in [3.05, 3.63) is 10.3 Å². The Morgan fingerprint density at radius 3 is 2.38 bits per heavy atom. The molecule has 2 heterocycles. The normalized spacial score (nSPS) is 20.6. The summed E-state index contributed by atoms with van der Waals surface area (Å²) < 4.78 is 8.48. The van der Waals surface area contributed by atoms with Crippen LogP contribution in [0, 0.1) is 0 Å². The molecular formula is C17H27BrN4O2. The van der Waals surface area contributed by atoms with E-state index in [0.29, 0.717) is 25.0 Å². The molecule has 0 bridgehead atoms. The molecule has 0 radical (unpaired) electrons. The van der Waals surface area contributed by atoms with Crippen LogP contribution in [-0.4, -0.2) is 44.7 Å². The first kappa shape index (κ1) is 17.7. The molecule has 134 valence electrons. The number of aromatic nitrogens is 3. The third kappa shape index (κ3) is 3.92. The summed E-state index contributed by atoms with van der Waals surface area (Å²) in [4.78, 5) is 14.0. The van der Waals surface area contributed by atoms with Gasteiger partial charge in [0.05, 0.1) is 11.7 Å². The van der Waals surface area contributed by atoms with Crippen LogP contribution < -0.4 is 0 Å². The number of halogens is 1. The number of piperidine rings is 1. The summed E-state index contributed by atoms with van der Waals surface area (Å²) in [5.74, 6) is 0.568. The van der Waals surface area contributed by atoms with Crippen LogP contribution in [0.3, 0.4) is 0 Å².